The van der Waals surface area contributed by atoms with Gasteiger partial charge in [0.25, 0.3) is 0 Å². The van der Waals surface area contributed by atoms with Crippen molar-refractivity contribution >= 4 is 16.5 Å². The summed E-state index contributed by atoms with van der Waals surface area (Å²) >= 11 is 0. The van der Waals surface area contributed by atoms with Crippen LogP contribution in [0.15, 0.2) is 41.3 Å². The summed E-state index contributed by atoms with van der Waals surface area (Å²) in [6.45, 7) is 0. The summed E-state index contributed by atoms with van der Waals surface area (Å²) in [6, 6.07) is 6.82. The average Bonchev–Trinajstić information content (AvgIpc) is 2.33. The lowest BCUT2D eigenvalue weighted by molar-refractivity contribution is 0.562. The summed E-state index contributed by atoms with van der Waals surface area (Å²) in [6.07, 6.45) is 0. The Morgan fingerprint density at radius 3 is 2.37 bits per heavy atom. The Labute approximate surface area is 110 Å². The largest absolute Gasteiger partial charge is 0.396 e. The number of nitrogen functional groups attached to an aromatic ring is 1. The number of halogens is 3. The van der Waals surface area contributed by atoms with Gasteiger partial charge in [-0.1, -0.05) is 6.07 Å². The highest BCUT2D eigenvalue weighted by Crippen LogP contribution is 2.19. The zero-order chi connectivity index (χ0) is 14.0. The summed E-state index contributed by atoms with van der Waals surface area (Å²) in [5, 5.41) is 0. The van der Waals surface area contributed by atoms with Crippen molar-refractivity contribution in [3.63, 3.8) is 0 Å². The second kappa shape index (κ2) is 5.44. The molecule has 2 aromatic carbocycles. The van der Waals surface area contributed by atoms with E-state index in [1.807, 2.05) is 0 Å². The smallest absolute Gasteiger partial charge is 0.146 e. The van der Waals surface area contributed by atoms with Crippen LogP contribution in [-0.2, 0) is 16.6 Å². The summed E-state index contributed by atoms with van der Waals surface area (Å²) in [4.78, 5) is -0.112. The van der Waals surface area contributed by atoms with Crippen molar-refractivity contribution in [3.05, 3.63) is 59.4 Å². The summed E-state index contributed by atoms with van der Waals surface area (Å²) in [7, 11) is -1.72. The number of hydrogen-bond acceptors (Lipinski definition) is 2. The number of nitrogens with two attached hydrogens (primary N) is 1. The van der Waals surface area contributed by atoms with E-state index in [1.54, 1.807) is 0 Å². The highest BCUT2D eigenvalue weighted by molar-refractivity contribution is 7.84. The Bertz CT molecular complexity index is 646. The molecule has 1 unspecified atom stereocenters. The predicted molar refractivity (Wildman–Crippen MR) is 67.3 cm³/mol. The molecule has 0 bridgehead atoms. The molecular weight excluding hydrogens is 275 g/mol. The van der Waals surface area contributed by atoms with E-state index in [2.05, 4.69) is 0 Å². The van der Waals surface area contributed by atoms with E-state index in [9.17, 15) is 17.4 Å². The van der Waals surface area contributed by atoms with Crippen LogP contribution in [0.25, 0.3) is 0 Å². The monoisotopic (exact) mass is 285 g/mol. The van der Waals surface area contributed by atoms with Gasteiger partial charge in [-0.15, -0.1) is 0 Å². The molecule has 6 heteroatoms. The first kappa shape index (κ1) is 13.6. The van der Waals surface area contributed by atoms with E-state index >= 15 is 0 Å². The van der Waals surface area contributed by atoms with Crippen molar-refractivity contribution < 1.29 is 17.4 Å². The maximum atomic E-state index is 13.4. The summed E-state index contributed by atoms with van der Waals surface area (Å²) in [5.74, 6) is -2.31. The lowest BCUT2D eigenvalue weighted by atomic mass is 10.2. The molecule has 0 radical (unpaired) electrons. The molecule has 0 amide bonds. The van der Waals surface area contributed by atoms with E-state index in [4.69, 9.17) is 5.73 Å². The minimum Gasteiger partial charge on any atom is -0.396 e. The van der Waals surface area contributed by atoms with E-state index in [0.29, 0.717) is 11.6 Å². The fourth-order valence-electron chi connectivity index (χ4n) is 1.55. The van der Waals surface area contributed by atoms with Crippen molar-refractivity contribution in [2.45, 2.75) is 10.6 Å². The van der Waals surface area contributed by atoms with Crippen LogP contribution >= 0.6 is 0 Å². The van der Waals surface area contributed by atoms with Crippen molar-refractivity contribution in [1.29, 1.82) is 0 Å². The molecule has 1 atom stereocenters. The summed E-state index contributed by atoms with van der Waals surface area (Å²) < 4.78 is 51.3. The zero-order valence-electron chi connectivity index (χ0n) is 9.70. The Morgan fingerprint density at radius 1 is 1.00 bits per heavy atom. The van der Waals surface area contributed by atoms with Crippen LogP contribution in [0.2, 0.25) is 0 Å². The number of rotatable bonds is 3. The van der Waals surface area contributed by atoms with Gasteiger partial charge in [0.15, 0.2) is 0 Å². The van der Waals surface area contributed by atoms with Gasteiger partial charge in [-0.05, 0) is 29.8 Å². The van der Waals surface area contributed by atoms with Crippen LogP contribution < -0.4 is 5.73 Å². The molecule has 0 saturated heterocycles. The molecule has 0 aliphatic carbocycles. The topological polar surface area (TPSA) is 43.1 Å². The van der Waals surface area contributed by atoms with Crippen LogP contribution in [0.3, 0.4) is 0 Å². The SMILES string of the molecule is Nc1ccc(CS(=O)c2ccc(F)cc2F)cc1F. The number of hydrogen-bond donors (Lipinski definition) is 1. The maximum Gasteiger partial charge on any atom is 0.146 e. The van der Waals surface area contributed by atoms with E-state index in [1.165, 1.54) is 12.1 Å². The Balaban J connectivity index is 2.23. The molecule has 0 heterocycles. The third-order valence-corrected chi connectivity index (χ3v) is 3.92. The van der Waals surface area contributed by atoms with Gasteiger partial charge >= 0.3 is 0 Å². The Kier molecular flexibility index (Phi) is 3.90. The van der Waals surface area contributed by atoms with Crippen LogP contribution in [0, 0.1) is 17.5 Å². The Hall–Kier alpha value is -1.82. The second-order valence-electron chi connectivity index (χ2n) is 3.92. The minimum absolute atomic E-state index is 0.0116. The lowest BCUT2D eigenvalue weighted by Gasteiger charge is -2.05. The molecule has 100 valence electrons. The van der Waals surface area contributed by atoms with Gasteiger partial charge in [-0.2, -0.15) is 0 Å². The minimum atomic E-state index is -1.72. The Morgan fingerprint density at radius 2 is 1.74 bits per heavy atom. The highest BCUT2D eigenvalue weighted by atomic mass is 32.2. The van der Waals surface area contributed by atoms with Gasteiger partial charge in [-0.25, -0.2) is 13.2 Å². The predicted octanol–water partition coefficient (Wildman–Crippen LogP) is 2.99. The third-order valence-electron chi connectivity index (χ3n) is 2.50. The van der Waals surface area contributed by atoms with Gasteiger partial charge in [0, 0.05) is 6.07 Å². The van der Waals surface area contributed by atoms with E-state index in [0.717, 1.165) is 18.2 Å². The summed E-state index contributed by atoms with van der Waals surface area (Å²) in [5.41, 5.74) is 5.73. The molecule has 2 N–H and O–H groups in total. The molecule has 0 aliphatic heterocycles. The van der Waals surface area contributed by atoms with Gasteiger partial charge < -0.3 is 5.73 Å². The fourth-order valence-corrected chi connectivity index (χ4v) is 2.68. The van der Waals surface area contributed by atoms with Crippen LogP contribution in [0.1, 0.15) is 5.56 Å². The fraction of sp³-hybridized carbons (Fsp3) is 0.0769. The van der Waals surface area contributed by atoms with Crippen molar-refractivity contribution in [2.75, 3.05) is 5.73 Å². The highest BCUT2D eigenvalue weighted by Gasteiger charge is 2.12. The van der Waals surface area contributed by atoms with Gasteiger partial charge in [0.2, 0.25) is 0 Å². The van der Waals surface area contributed by atoms with E-state index in [-0.39, 0.29) is 16.3 Å². The van der Waals surface area contributed by atoms with Crippen molar-refractivity contribution in [3.8, 4) is 0 Å². The first-order valence-electron chi connectivity index (χ1n) is 5.34. The van der Waals surface area contributed by atoms with Gasteiger partial charge in [0.05, 0.1) is 27.1 Å². The first-order valence-corrected chi connectivity index (χ1v) is 6.66. The van der Waals surface area contributed by atoms with Crippen LogP contribution in [-0.4, -0.2) is 4.21 Å². The van der Waals surface area contributed by atoms with Crippen molar-refractivity contribution in [1.82, 2.24) is 0 Å². The molecule has 0 aliphatic rings. The van der Waals surface area contributed by atoms with Crippen molar-refractivity contribution in [2.24, 2.45) is 0 Å². The molecule has 2 aromatic rings. The lowest BCUT2D eigenvalue weighted by Crippen LogP contribution is -2.01. The normalized spacial score (nSPS) is 12.4. The average molecular weight is 285 g/mol. The second-order valence-corrected chi connectivity index (χ2v) is 5.34. The molecule has 0 saturated carbocycles. The molecule has 19 heavy (non-hydrogen) atoms. The number of benzene rings is 2. The first-order chi connectivity index (χ1) is 8.97. The van der Waals surface area contributed by atoms with E-state index < -0.39 is 28.3 Å². The van der Waals surface area contributed by atoms with Crippen LogP contribution in [0.5, 0.6) is 0 Å². The van der Waals surface area contributed by atoms with Gasteiger partial charge in [-0.3, -0.25) is 4.21 Å². The standard InChI is InChI=1S/C13H10F3NOS/c14-9-2-4-13(11(16)6-9)19(18)7-8-1-3-12(17)10(15)5-8/h1-6H,7,17H2. The van der Waals surface area contributed by atoms with Crippen LogP contribution in [0.4, 0.5) is 18.9 Å². The molecule has 0 spiro atoms. The quantitative estimate of drug-likeness (QED) is 0.881. The van der Waals surface area contributed by atoms with Gasteiger partial charge in [0.1, 0.15) is 17.5 Å². The third kappa shape index (κ3) is 3.14. The molecule has 2 rings (SSSR count). The zero-order valence-corrected chi connectivity index (χ0v) is 10.5. The number of anilines is 1. The molecule has 2 nitrogen and oxygen atoms in total. The maximum absolute atomic E-state index is 13.4. The molecule has 0 fully saturated rings. The molecular formula is C13H10F3NOS. The molecule has 0 aromatic heterocycles.